The predicted molar refractivity (Wildman–Crippen MR) is 116 cm³/mol. The summed E-state index contributed by atoms with van der Waals surface area (Å²) in [6, 6.07) is 15.3. The van der Waals surface area contributed by atoms with Crippen LogP contribution in [0.25, 0.3) is 0 Å². The summed E-state index contributed by atoms with van der Waals surface area (Å²) in [5.74, 6) is 0.151. The molecule has 29 heavy (non-hydrogen) atoms. The number of para-hydroxylation sites is 1. The number of amides is 2. The van der Waals surface area contributed by atoms with E-state index in [-0.39, 0.29) is 12.0 Å². The minimum atomic E-state index is -0.312. The van der Waals surface area contributed by atoms with Gasteiger partial charge in [-0.25, -0.2) is 9.59 Å². The van der Waals surface area contributed by atoms with Gasteiger partial charge >= 0.3 is 12.0 Å². The second-order valence-electron chi connectivity index (χ2n) is 7.42. The molecule has 1 fully saturated rings. The quantitative estimate of drug-likeness (QED) is 0.765. The Bertz CT molecular complexity index is 841. The topological polar surface area (TPSA) is 61.9 Å². The number of nitrogens with zero attached hydrogens (tertiary/aromatic N) is 2. The molecule has 3 rings (SSSR count). The Morgan fingerprint density at radius 2 is 1.66 bits per heavy atom. The number of anilines is 2. The maximum Gasteiger partial charge on any atom is 0.340 e. The molecule has 0 aliphatic carbocycles. The molecule has 0 spiro atoms. The molecule has 1 N–H and O–H groups in total. The van der Waals surface area contributed by atoms with Crippen molar-refractivity contribution < 1.29 is 14.3 Å². The van der Waals surface area contributed by atoms with Crippen LogP contribution in [-0.4, -0.2) is 49.7 Å². The molecular formula is C23H29N3O3. The number of carbonyl (C=O) groups excluding carboxylic acids is 2. The number of piperazine rings is 1. The second-order valence-corrected chi connectivity index (χ2v) is 7.42. The lowest BCUT2D eigenvalue weighted by Gasteiger charge is -2.36. The van der Waals surface area contributed by atoms with Crippen molar-refractivity contribution in [1.29, 1.82) is 0 Å². The van der Waals surface area contributed by atoms with Crippen molar-refractivity contribution in [1.82, 2.24) is 4.90 Å². The summed E-state index contributed by atoms with van der Waals surface area (Å²) < 4.78 is 5.17. The van der Waals surface area contributed by atoms with Gasteiger partial charge in [-0.1, -0.05) is 38.1 Å². The SMILES string of the molecule is CCOC(=O)c1ccccc1N1CCN(C(=O)Nc2ccc(C(C)C)cc2)CC1. The minimum absolute atomic E-state index is 0.0966. The van der Waals surface area contributed by atoms with Gasteiger partial charge in [0.15, 0.2) is 0 Å². The highest BCUT2D eigenvalue weighted by molar-refractivity contribution is 5.96. The van der Waals surface area contributed by atoms with Crippen LogP contribution in [0, 0.1) is 0 Å². The van der Waals surface area contributed by atoms with Crippen LogP contribution in [0.4, 0.5) is 16.2 Å². The van der Waals surface area contributed by atoms with Crippen LogP contribution in [-0.2, 0) is 4.74 Å². The minimum Gasteiger partial charge on any atom is -0.462 e. The van der Waals surface area contributed by atoms with E-state index in [1.807, 2.05) is 42.5 Å². The Morgan fingerprint density at radius 1 is 1.00 bits per heavy atom. The number of hydrogen-bond donors (Lipinski definition) is 1. The Labute approximate surface area is 172 Å². The van der Waals surface area contributed by atoms with Crippen molar-refractivity contribution in [3.8, 4) is 0 Å². The summed E-state index contributed by atoms with van der Waals surface area (Å²) in [7, 11) is 0. The Balaban J connectivity index is 1.59. The normalized spacial score (nSPS) is 14.1. The van der Waals surface area contributed by atoms with Crippen molar-refractivity contribution in [3.05, 3.63) is 59.7 Å². The van der Waals surface area contributed by atoms with Crippen molar-refractivity contribution in [2.24, 2.45) is 0 Å². The highest BCUT2D eigenvalue weighted by Gasteiger charge is 2.24. The molecule has 1 aliphatic heterocycles. The molecule has 154 valence electrons. The number of nitrogens with one attached hydrogen (secondary N) is 1. The van der Waals surface area contributed by atoms with E-state index in [1.165, 1.54) is 5.56 Å². The summed E-state index contributed by atoms with van der Waals surface area (Å²) in [6.07, 6.45) is 0. The molecule has 2 aromatic carbocycles. The fourth-order valence-corrected chi connectivity index (χ4v) is 3.44. The molecule has 1 heterocycles. The van der Waals surface area contributed by atoms with Crippen LogP contribution in [0.5, 0.6) is 0 Å². The zero-order valence-electron chi connectivity index (χ0n) is 17.4. The first kappa shape index (κ1) is 20.7. The van der Waals surface area contributed by atoms with Gasteiger partial charge in [0.05, 0.1) is 17.9 Å². The maximum atomic E-state index is 12.6. The second kappa shape index (κ2) is 9.45. The van der Waals surface area contributed by atoms with E-state index in [9.17, 15) is 9.59 Å². The molecule has 0 bridgehead atoms. The van der Waals surface area contributed by atoms with Crippen molar-refractivity contribution >= 4 is 23.4 Å². The lowest BCUT2D eigenvalue weighted by Crippen LogP contribution is -2.50. The number of benzene rings is 2. The summed E-state index contributed by atoms with van der Waals surface area (Å²) in [6.45, 7) is 8.94. The molecule has 1 saturated heterocycles. The standard InChI is InChI=1S/C23H29N3O3/c1-4-29-22(27)20-7-5-6-8-21(20)25-13-15-26(16-14-25)23(28)24-19-11-9-18(10-12-19)17(2)3/h5-12,17H,4,13-16H2,1-3H3,(H,24,28). The van der Waals surface area contributed by atoms with Crippen LogP contribution in [0.3, 0.4) is 0 Å². The lowest BCUT2D eigenvalue weighted by atomic mass is 10.0. The van der Waals surface area contributed by atoms with E-state index in [0.29, 0.717) is 44.3 Å². The molecule has 1 aliphatic rings. The van der Waals surface area contributed by atoms with Gasteiger partial charge in [-0.3, -0.25) is 0 Å². The summed E-state index contributed by atoms with van der Waals surface area (Å²) in [5, 5.41) is 2.97. The number of urea groups is 1. The van der Waals surface area contributed by atoms with E-state index in [2.05, 4.69) is 24.1 Å². The largest absolute Gasteiger partial charge is 0.462 e. The van der Waals surface area contributed by atoms with E-state index >= 15 is 0 Å². The molecule has 0 saturated carbocycles. The van der Waals surface area contributed by atoms with E-state index < -0.39 is 0 Å². The zero-order chi connectivity index (χ0) is 20.8. The van der Waals surface area contributed by atoms with Crippen molar-refractivity contribution in [2.75, 3.05) is 43.0 Å². The average molecular weight is 396 g/mol. The van der Waals surface area contributed by atoms with Crippen LogP contribution in [0.1, 0.15) is 42.6 Å². The number of ether oxygens (including phenoxy) is 1. The molecule has 2 aromatic rings. The number of carbonyl (C=O) groups is 2. The highest BCUT2D eigenvalue weighted by Crippen LogP contribution is 2.23. The van der Waals surface area contributed by atoms with E-state index in [0.717, 1.165) is 11.4 Å². The van der Waals surface area contributed by atoms with Gasteiger partial charge in [-0.15, -0.1) is 0 Å². The van der Waals surface area contributed by atoms with Gasteiger partial charge in [0.2, 0.25) is 0 Å². The molecule has 6 heteroatoms. The first-order valence-corrected chi connectivity index (χ1v) is 10.2. The lowest BCUT2D eigenvalue weighted by molar-refractivity contribution is 0.0527. The predicted octanol–water partition coefficient (Wildman–Crippen LogP) is 4.34. The molecule has 0 unspecified atom stereocenters. The van der Waals surface area contributed by atoms with Crippen LogP contribution in [0.15, 0.2) is 48.5 Å². The maximum absolute atomic E-state index is 12.6. The Kier molecular flexibility index (Phi) is 6.75. The Hall–Kier alpha value is -3.02. The van der Waals surface area contributed by atoms with Gasteiger partial charge in [0, 0.05) is 31.9 Å². The fraction of sp³-hybridized carbons (Fsp3) is 0.391. The molecule has 0 radical (unpaired) electrons. The summed E-state index contributed by atoms with van der Waals surface area (Å²) in [4.78, 5) is 28.8. The third-order valence-corrected chi connectivity index (χ3v) is 5.14. The van der Waals surface area contributed by atoms with E-state index in [1.54, 1.807) is 17.9 Å². The molecular weight excluding hydrogens is 366 g/mol. The Morgan fingerprint density at radius 3 is 2.28 bits per heavy atom. The first-order valence-electron chi connectivity index (χ1n) is 10.2. The number of rotatable bonds is 5. The smallest absolute Gasteiger partial charge is 0.340 e. The van der Waals surface area contributed by atoms with Crippen molar-refractivity contribution in [3.63, 3.8) is 0 Å². The number of hydrogen-bond acceptors (Lipinski definition) is 4. The van der Waals surface area contributed by atoms with Gasteiger partial charge in [-0.2, -0.15) is 0 Å². The molecule has 6 nitrogen and oxygen atoms in total. The summed E-state index contributed by atoms with van der Waals surface area (Å²) in [5.41, 5.74) is 3.47. The molecule has 2 amide bonds. The van der Waals surface area contributed by atoms with E-state index in [4.69, 9.17) is 4.74 Å². The van der Waals surface area contributed by atoms with Gasteiger partial charge in [-0.05, 0) is 42.7 Å². The van der Waals surface area contributed by atoms with Crippen molar-refractivity contribution in [2.45, 2.75) is 26.7 Å². The summed E-state index contributed by atoms with van der Waals surface area (Å²) >= 11 is 0. The first-order chi connectivity index (χ1) is 14.0. The fourth-order valence-electron chi connectivity index (χ4n) is 3.44. The molecule has 0 aromatic heterocycles. The zero-order valence-corrected chi connectivity index (χ0v) is 17.4. The van der Waals surface area contributed by atoms with Crippen LogP contribution < -0.4 is 10.2 Å². The van der Waals surface area contributed by atoms with Gasteiger partial charge < -0.3 is 19.9 Å². The third kappa shape index (κ3) is 5.08. The number of esters is 1. The highest BCUT2D eigenvalue weighted by atomic mass is 16.5. The van der Waals surface area contributed by atoms with Crippen LogP contribution in [0.2, 0.25) is 0 Å². The van der Waals surface area contributed by atoms with Crippen LogP contribution >= 0.6 is 0 Å². The average Bonchev–Trinajstić information content (AvgIpc) is 2.74. The molecule has 0 atom stereocenters. The van der Waals surface area contributed by atoms with Gasteiger partial charge in [0.1, 0.15) is 0 Å². The van der Waals surface area contributed by atoms with Gasteiger partial charge in [0.25, 0.3) is 0 Å². The third-order valence-electron chi connectivity index (χ3n) is 5.14. The monoisotopic (exact) mass is 395 g/mol.